The third kappa shape index (κ3) is 11.0. The van der Waals surface area contributed by atoms with Crippen molar-refractivity contribution in [1.82, 2.24) is 9.44 Å². The minimum absolute atomic E-state index is 0.0307. The van der Waals surface area contributed by atoms with Crippen LogP contribution in [-0.2, 0) is 24.8 Å². The highest BCUT2D eigenvalue weighted by atomic mass is 32.2. The third-order valence-electron chi connectivity index (χ3n) is 3.26. The van der Waals surface area contributed by atoms with Crippen molar-refractivity contribution in [2.45, 2.75) is 65.6 Å². The fraction of sp³-hybridized carbons (Fsp3) is 1.00. The molecule has 0 aromatic rings. The second kappa shape index (κ2) is 7.77. The molecule has 0 aromatic heterocycles. The van der Waals surface area contributed by atoms with Gasteiger partial charge >= 0.3 is 0 Å². The Bertz CT molecular complexity index is 580. The summed E-state index contributed by atoms with van der Waals surface area (Å²) in [4.78, 5) is 0. The van der Waals surface area contributed by atoms with Crippen LogP contribution < -0.4 is 9.44 Å². The van der Waals surface area contributed by atoms with Crippen molar-refractivity contribution in [3.05, 3.63) is 0 Å². The molecule has 0 fully saturated rings. The van der Waals surface area contributed by atoms with Crippen LogP contribution in [0.5, 0.6) is 0 Å². The summed E-state index contributed by atoms with van der Waals surface area (Å²) >= 11 is 0. The van der Waals surface area contributed by atoms with Crippen LogP contribution in [0.15, 0.2) is 0 Å². The van der Waals surface area contributed by atoms with E-state index in [9.17, 15) is 16.8 Å². The Morgan fingerprint density at radius 1 is 0.957 bits per heavy atom. The Morgan fingerprint density at radius 3 is 1.78 bits per heavy atom. The SMILES string of the molecule is CC(C)OCC(NS(C)(=O)=O)C(C)(C)CC(C)(C)NS(C)(=O)=O. The van der Waals surface area contributed by atoms with Crippen LogP contribution in [0.25, 0.3) is 0 Å². The van der Waals surface area contributed by atoms with Gasteiger partial charge in [-0.15, -0.1) is 0 Å². The highest BCUT2D eigenvalue weighted by Crippen LogP contribution is 2.32. The molecule has 0 radical (unpaired) electrons. The highest BCUT2D eigenvalue weighted by molar-refractivity contribution is 7.89. The molecule has 0 aliphatic carbocycles. The molecular formula is C14H32N2O5S2. The Labute approximate surface area is 141 Å². The monoisotopic (exact) mass is 372 g/mol. The van der Waals surface area contributed by atoms with Gasteiger partial charge in [-0.05, 0) is 39.5 Å². The van der Waals surface area contributed by atoms with E-state index in [1.807, 2.05) is 27.7 Å². The van der Waals surface area contributed by atoms with Crippen molar-refractivity contribution < 1.29 is 21.6 Å². The maximum absolute atomic E-state index is 11.6. The average Bonchev–Trinajstić information content (AvgIpc) is 2.16. The Balaban J connectivity index is 5.31. The Kier molecular flexibility index (Phi) is 7.70. The van der Waals surface area contributed by atoms with Gasteiger partial charge in [0.1, 0.15) is 0 Å². The van der Waals surface area contributed by atoms with E-state index in [-0.39, 0.29) is 12.7 Å². The van der Waals surface area contributed by atoms with Gasteiger partial charge in [-0.25, -0.2) is 26.3 Å². The van der Waals surface area contributed by atoms with Gasteiger partial charge in [0.15, 0.2) is 0 Å². The fourth-order valence-electron chi connectivity index (χ4n) is 2.77. The highest BCUT2D eigenvalue weighted by Gasteiger charge is 2.38. The maximum Gasteiger partial charge on any atom is 0.209 e. The number of ether oxygens (including phenoxy) is 1. The van der Waals surface area contributed by atoms with Gasteiger partial charge in [0.25, 0.3) is 0 Å². The Morgan fingerprint density at radius 2 is 1.43 bits per heavy atom. The van der Waals surface area contributed by atoms with Crippen LogP contribution in [0.4, 0.5) is 0 Å². The van der Waals surface area contributed by atoms with Gasteiger partial charge in [-0.3, -0.25) is 0 Å². The summed E-state index contributed by atoms with van der Waals surface area (Å²) in [6.45, 7) is 11.3. The Hall–Kier alpha value is -0.220. The lowest BCUT2D eigenvalue weighted by Gasteiger charge is -2.40. The lowest BCUT2D eigenvalue weighted by molar-refractivity contribution is 0.0312. The molecule has 0 bridgehead atoms. The quantitative estimate of drug-likeness (QED) is 0.597. The molecule has 23 heavy (non-hydrogen) atoms. The van der Waals surface area contributed by atoms with E-state index in [4.69, 9.17) is 4.74 Å². The second-order valence-corrected chi connectivity index (χ2v) is 11.3. The topological polar surface area (TPSA) is 102 Å². The molecule has 1 atom stereocenters. The molecule has 0 heterocycles. The van der Waals surface area contributed by atoms with E-state index in [0.29, 0.717) is 6.42 Å². The summed E-state index contributed by atoms with van der Waals surface area (Å²) in [5.41, 5.74) is -1.24. The van der Waals surface area contributed by atoms with Crippen LogP contribution in [0, 0.1) is 5.41 Å². The number of nitrogens with one attached hydrogen (secondary N) is 2. The summed E-state index contributed by atoms with van der Waals surface area (Å²) < 4.78 is 57.1. The largest absolute Gasteiger partial charge is 0.377 e. The summed E-state index contributed by atoms with van der Waals surface area (Å²) in [6.07, 6.45) is 2.61. The number of rotatable bonds is 10. The average molecular weight is 373 g/mol. The van der Waals surface area contributed by atoms with Crippen molar-refractivity contribution in [2.24, 2.45) is 5.41 Å². The van der Waals surface area contributed by atoms with Crippen LogP contribution in [0.3, 0.4) is 0 Å². The molecular weight excluding hydrogens is 340 g/mol. The molecule has 0 aliphatic heterocycles. The van der Waals surface area contributed by atoms with E-state index in [2.05, 4.69) is 9.44 Å². The van der Waals surface area contributed by atoms with Crippen LogP contribution in [0.2, 0.25) is 0 Å². The van der Waals surface area contributed by atoms with Crippen LogP contribution >= 0.6 is 0 Å². The third-order valence-corrected chi connectivity index (χ3v) is 4.89. The molecule has 7 nitrogen and oxygen atoms in total. The smallest absolute Gasteiger partial charge is 0.209 e. The molecule has 9 heteroatoms. The molecule has 0 saturated carbocycles. The predicted octanol–water partition coefficient (Wildman–Crippen LogP) is 1.07. The summed E-state index contributed by atoms with van der Waals surface area (Å²) in [5.74, 6) is 0. The number of sulfonamides is 2. The molecule has 0 spiro atoms. The predicted molar refractivity (Wildman–Crippen MR) is 93.3 cm³/mol. The summed E-state index contributed by atoms with van der Waals surface area (Å²) in [5, 5.41) is 0. The van der Waals surface area contributed by atoms with Gasteiger partial charge in [0.05, 0.1) is 31.3 Å². The van der Waals surface area contributed by atoms with Gasteiger partial charge in [0.2, 0.25) is 20.0 Å². The molecule has 140 valence electrons. The van der Waals surface area contributed by atoms with Gasteiger partial charge < -0.3 is 4.74 Å². The second-order valence-electron chi connectivity index (χ2n) is 7.75. The van der Waals surface area contributed by atoms with E-state index in [1.165, 1.54) is 0 Å². The van der Waals surface area contributed by atoms with Gasteiger partial charge in [0, 0.05) is 5.54 Å². The first-order chi connectivity index (χ1) is 9.94. The van der Waals surface area contributed by atoms with Crippen molar-refractivity contribution in [3.8, 4) is 0 Å². The van der Waals surface area contributed by atoms with E-state index >= 15 is 0 Å². The maximum atomic E-state index is 11.6. The van der Waals surface area contributed by atoms with Gasteiger partial charge in [-0.2, -0.15) is 0 Å². The van der Waals surface area contributed by atoms with Crippen molar-refractivity contribution >= 4 is 20.0 Å². The van der Waals surface area contributed by atoms with Crippen LogP contribution in [-0.4, -0.2) is 53.6 Å². The minimum atomic E-state index is -3.41. The zero-order valence-corrected chi connectivity index (χ0v) is 17.1. The van der Waals surface area contributed by atoms with E-state index in [0.717, 1.165) is 12.5 Å². The molecule has 0 amide bonds. The first kappa shape index (κ1) is 22.8. The molecule has 0 aliphatic rings. The molecule has 0 aromatic carbocycles. The summed E-state index contributed by atoms with van der Waals surface area (Å²) in [6, 6.07) is -0.472. The van der Waals surface area contributed by atoms with Crippen LogP contribution in [0.1, 0.15) is 48.0 Å². The fourth-order valence-corrected chi connectivity index (χ4v) is 4.75. The van der Waals surface area contributed by atoms with Crippen molar-refractivity contribution in [1.29, 1.82) is 0 Å². The normalized spacial score (nSPS) is 15.9. The number of hydrogen-bond donors (Lipinski definition) is 2. The van der Waals surface area contributed by atoms with Gasteiger partial charge in [-0.1, -0.05) is 13.8 Å². The van der Waals surface area contributed by atoms with Crippen molar-refractivity contribution in [2.75, 3.05) is 19.1 Å². The van der Waals surface area contributed by atoms with E-state index < -0.39 is 37.0 Å². The molecule has 2 N–H and O–H groups in total. The van der Waals surface area contributed by atoms with E-state index in [1.54, 1.807) is 13.8 Å². The molecule has 0 rings (SSSR count). The molecule has 0 saturated heterocycles. The lowest BCUT2D eigenvalue weighted by Crippen LogP contribution is -2.53. The molecule has 1 unspecified atom stereocenters. The van der Waals surface area contributed by atoms with Crippen molar-refractivity contribution in [3.63, 3.8) is 0 Å². The minimum Gasteiger partial charge on any atom is -0.377 e. The summed E-state index contributed by atoms with van der Waals surface area (Å²) in [7, 11) is -6.77. The zero-order chi connectivity index (χ0) is 18.7. The standard InChI is InChI=1S/C14H32N2O5S2/c1-11(2)21-9-12(15-22(7,17)18)13(3,4)10-14(5,6)16-23(8,19)20/h11-12,15-16H,9-10H2,1-8H3. The lowest BCUT2D eigenvalue weighted by atomic mass is 9.75. The first-order valence-electron chi connectivity index (χ1n) is 7.51. The number of hydrogen-bond acceptors (Lipinski definition) is 5. The first-order valence-corrected chi connectivity index (χ1v) is 11.3. The zero-order valence-electron chi connectivity index (χ0n) is 15.4.